The fourth-order valence-corrected chi connectivity index (χ4v) is 6.14. The summed E-state index contributed by atoms with van der Waals surface area (Å²) in [7, 11) is 1.66. The fraction of sp³-hybridized carbons (Fsp3) is 0.140. The van der Waals surface area contributed by atoms with Crippen molar-refractivity contribution in [3.63, 3.8) is 0 Å². The zero-order chi connectivity index (χ0) is 33.4. The molecule has 1 aromatic heterocycles. The Morgan fingerprint density at radius 2 is 1.33 bits per heavy atom. The third-order valence-corrected chi connectivity index (χ3v) is 8.82. The van der Waals surface area contributed by atoms with Crippen molar-refractivity contribution >= 4 is 27.6 Å². The van der Waals surface area contributed by atoms with Crippen LogP contribution in [0.3, 0.4) is 0 Å². The molecule has 0 aliphatic rings. The number of methoxy groups -OCH3 is 1. The molecule has 1 N–H and O–H groups in total. The van der Waals surface area contributed by atoms with Crippen LogP contribution in [-0.4, -0.2) is 29.4 Å². The van der Waals surface area contributed by atoms with Crippen molar-refractivity contribution in [1.82, 2.24) is 9.88 Å². The Morgan fingerprint density at radius 1 is 0.653 bits per heavy atom. The standard InChI is InChI=1S/C43H38N2O4/c1-47-36-21-17-31(18-22-36)25-26-45(28-35-27-44-40-15-6-5-13-38(35)40)43(46)39-14-7-11-34-12-8-16-41(42(34)39)49-30-33-19-23-37(24-20-33)48-29-32-9-3-2-4-10-32/h2-24,27,44H,25-26,28-30H2,1H3. The molecule has 6 aromatic carbocycles. The minimum absolute atomic E-state index is 0.0413. The molecule has 0 bridgehead atoms. The predicted molar refractivity (Wildman–Crippen MR) is 195 cm³/mol. The number of H-pyrrole nitrogens is 1. The SMILES string of the molecule is COc1ccc(CCN(Cc2c[nH]c3ccccc23)C(=O)c2cccc3cccc(OCc4ccc(OCc5ccccc5)cc4)c23)cc1. The molecular formula is C43H38N2O4. The first kappa shape index (κ1) is 31.6. The molecule has 0 aliphatic heterocycles. The number of carbonyl (C=O) groups is 1. The Balaban J connectivity index is 1.13. The highest BCUT2D eigenvalue weighted by Crippen LogP contribution is 2.32. The van der Waals surface area contributed by atoms with Crippen molar-refractivity contribution in [2.45, 2.75) is 26.2 Å². The second-order valence-electron chi connectivity index (χ2n) is 12.1. The second kappa shape index (κ2) is 14.8. The number of aromatic nitrogens is 1. The highest BCUT2D eigenvalue weighted by atomic mass is 16.5. The van der Waals surface area contributed by atoms with Gasteiger partial charge in [-0.25, -0.2) is 0 Å². The molecule has 1 heterocycles. The Bertz CT molecular complexity index is 2150. The van der Waals surface area contributed by atoms with Crippen LogP contribution in [-0.2, 0) is 26.2 Å². The molecule has 6 nitrogen and oxygen atoms in total. The largest absolute Gasteiger partial charge is 0.497 e. The number of carbonyl (C=O) groups excluding carboxylic acids is 1. The van der Waals surface area contributed by atoms with Gasteiger partial charge in [0.1, 0.15) is 30.5 Å². The summed E-state index contributed by atoms with van der Waals surface area (Å²) in [6.45, 7) is 1.89. The van der Waals surface area contributed by atoms with Crippen LogP contribution in [0.5, 0.6) is 17.2 Å². The zero-order valence-corrected chi connectivity index (χ0v) is 27.5. The number of para-hydroxylation sites is 1. The number of aromatic amines is 1. The lowest BCUT2D eigenvalue weighted by atomic mass is 10.0. The molecule has 0 radical (unpaired) electrons. The molecule has 6 heteroatoms. The lowest BCUT2D eigenvalue weighted by Gasteiger charge is -2.24. The van der Waals surface area contributed by atoms with Gasteiger partial charge in [0, 0.05) is 35.6 Å². The van der Waals surface area contributed by atoms with Gasteiger partial charge in [-0.3, -0.25) is 4.79 Å². The fourth-order valence-electron chi connectivity index (χ4n) is 6.14. The lowest BCUT2D eigenvalue weighted by Crippen LogP contribution is -2.32. The van der Waals surface area contributed by atoms with Gasteiger partial charge in [-0.2, -0.15) is 0 Å². The maximum Gasteiger partial charge on any atom is 0.254 e. The number of fused-ring (bicyclic) bond motifs is 2. The summed E-state index contributed by atoms with van der Waals surface area (Å²) in [5, 5.41) is 2.88. The van der Waals surface area contributed by atoms with Crippen LogP contribution in [0.4, 0.5) is 0 Å². The Kier molecular flexibility index (Phi) is 9.55. The molecular weight excluding hydrogens is 608 g/mol. The third kappa shape index (κ3) is 7.44. The van der Waals surface area contributed by atoms with E-state index in [1.54, 1.807) is 7.11 Å². The summed E-state index contributed by atoms with van der Waals surface area (Å²) in [4.78, 5) is 19.9. The molecule has 0 spiro atoms. The van der Waals surface area contributed by atoms with Crippen molar-refractivity contribution in [1.29, 1.82) is 0 Å². The average Bonchev–Trinajstić information content (AvgIpc) is 3.57. The van der Waals surface area contributed by atoms with Gasteiger partial charge in [-0.05, 0) is 76.5 Å². The molecule has 0 fully saturated rings. The number of rotatable bonds is 13. The highest BCUT2D eigenvalue weighted by Gasteiger charge is 2.22. The van der Waals surface area contributed by atoms with Crippen LogP contribution in [0.15, 0.2) is 146 Å². The number of hydrogen-bond acceptors (Lipinski definition) is 4. The van der Waals surface area contributed by atoms with E-state index in [1.165, 1.54) is 0 Å². The maximum absolute atomic E-state index is 14.6. The van der Waals surface area contributed by atoms with Crippen molar-refractivity contribution < 1.29 is 19.0 Å². The number of nitrogens with zero attached hydrogens (tertiary/aromatic N) is 1. The summed E-state index contributed by atoms with van der Waals surface area (Å²) in [6.07, 6.45) is 2.71. The van der Waals surface area contributed by atoms with Gasteiger partial charge in [0.25, 0.3) is 5.91 Å². The maximum atomic E-state index is 14.6. The molecule has 0 aliphatic carbocycles. The summed E-state index contributed by atoms with van der Waals surface area (Å²) >= 11 is 0. The van der Waals surface area contributed by atoms with Crippen LogP contribution in [0.1, 0.15) is 32.6 Å². The first-order valence-electron chi connectivity index (χ1n) is 16.5. The van der Waals surface area contributed by atoms with Gasteiger partial charge in [0.15, 0.2) is 0 Å². The third-order valence-electron chi connectivity index (χ3n) is 8.82. The minimum Gasteiger partial charge on any atom is -0.497 e. The van der Waals surface area contributed by atoms with Crippen molar-refractivity contribution in [2.24, 2.45) is 0 Å². The number of amides is 1. The van der Waals surface area contributed by atoms with E-state index < -0.39 is 0 Å². The smallest absolute Gasteiger partial charge is 0.254 e. The van der Waals surface area contributed by atoms with Gasteiger partial charge in [0.2, 0.25) is 0 Å². The Morgan fingerprint density at radius 3 is 2.12 bits per heavy atom. The molecule has 244 valence electrons. The number of hydrogen-bond donors (Lipinski definition) is 1. The van der Waals surface area contributed by atoms with Crippen LogP contribution >= 0.6 is 0 Å². The molecule has 0 saturated carbocycles. The zero-order valence-electron chi connectivity index (χ0n) is 27.5. The summed E-state index contributed by atoms with van der Waals surface area (Å²) in [5.74, 6) is 2.25. The highest BCUT2D eigenvalue weighted by molar-refractivity contribution is 6.09. The van der Waals surface area contributed by atoms with Gasteiger partial charge < -0.3 is 24.1 Å². The molecule has 7 rings (SSSR count). The molecule has 49 heavy (non-hydrogen) atoms. The van der Waals surface area contributed by atoms with E-state index in [1.807, 2.05) is 126 Å². The normalized spacial score (nSPS) is 11.0. The van der Waals surface area contributed by atoms with E-state index in [-0.39, 0.29) is 5.91 Å². The molecule has 7 aromatic rings. The van der Waals surface area contributed by atoms with E-state index >= 15 is 0 Å². The predicted octanol–water partition coefficient (Wildman–Crippen LogP) is 9.37. The van der Waals surface area contributed by atoms with E-state index in [9.17, 15) is 4.79 Å². The summed E-state index contributed by atoms with van der Waals surface area (Å²) in [5.41, 5.74) is 6.01. The number of benzene rings is 6. The lowest BCUT2D eigenvalue weighted by molar-refractivity contribution is 0.0747. The van der Waals surface area contributed by atoms with E-state index in [2.05, 4.69) is 29.2 Å². The first-order valence-corrected chi connectivity index (χ1v) is 16.5. The first-order chi connectivity index (χ1) is 24.1. The van der Waals surface area contributed by atoms with Crippen LogP contribution in [0.25, 0.3) is 21.7 Å². The Labute approximate surface area is 286 Å². The number of ether oxygens (including phenoxy) is 3. The summed E-state index contributed by atoms with van der Waals surface area (Å²) < 4.78 is 17.7. The van der Waals surface area contributed by atoms with Crippen LogP contribution < -0.4 is 14.2 Å². The molecule has 0 atom stereocenters. The van der Waals surface area contributed by atoms with Gasteiger partial charge in [0.05, 0.1) is 12.7 Å². The van der Waals surface area contributed by atoms with Crippen LogP contribution in [0.2, 0.25) is 0 Å². The average molecular weight is 647 g/mol. The van der Waals surface area contributed by atoms with Crippen molar-refractivity contribution in [3.05, 3.63) is 174 Å². The van der Waals surface area contributed by atoms with Gasteiger partial charge in [-0.15, -0.1) is 0 Å². The summed E-state index contributed by atoms with van der Waals surface area (Å²) in [6, 6.07) is 46.1. The topological polar surface area (TPSA) is 63.8 Å². The van der Waals surface area contributed by atoms with Gasteiger partial charge in [-0.1, -0.05) is 97.1 Å². The van der Waals surface area contributed by atoms with Gasteiger partial charge >= 0.3 is 0 Å². The monoisotopic (exact) mass is 646 g/mol. The molecule has 0 saturated heterocycles. The minimum atomic E-state index is -0.0413. The van der Waals surface area contributed by atoms with E-state index in [0.29, 0.717) is 44.0 Å². The molecule has 0 unspecified atom stereocenters. The van der Waals surface area contributed by atoms with E-state index in [4.69, 9.17) is 14.2 Å². The Hall–Kier alpha value is -6.01. The van der Waals surface area contributed by atoms with E-state index in [0.717, 1.165) is 55.4 Å². The van der Waals surface area contributed by atoms with Crippen LogP contribution in [0, 0.1) is 0 Å². The second-order valence-corrected chi connectivity index (χ2v) is 12.1. The number of nitrogens with one attached hydrogen (secondary N) is 1. The van der Waals surface area contributed by atoms with Crippen molar-refractivity contribution in [3.8, 4) is 17.2 Å². The quantitative estimate of drug-likeness (QED) is 0.136. The van der Waals surface area contributed by atoms with Crippen molar-refractivity contribution in [2.75, 3.05) is 13.7 Å². The molecule has 1 amide bonds.